The zero-order valence-electron chi connectivity index (χ0n) is 33.7. The highest BCUT2D eigenvalue weighted by molar-refractivity contribution is 6.72. The first kappa shape index (κ1) is 40.5. The number of aliphatic hydroxyl groups is 1. The number of nitrogens with zero attached hydrogens (tertiary/aromatic N) is 6. The molecule has 60 heavy (non-hydrogen) atoms. The fraction of sp³-hybridized carbons (Fsp3) is 0.255. The Balaban J connectivity index is 1.14. The van der Waals surface area contributed by atoms with Crippen molar-refractivity contribution in [3.8, 4) is 0 Å². The molecule has 0 radical (unpaired) electrons. The molecule has 13 heteroatoms. The van der Waals surface area contributed by atoms with Crippen molar-refractivity contribution in [2.24, 2.45) is 5.92 Å². The van der Waals surface area contributed by atoms with Crippen LogP contribution in [0.3, 0.4) is 0 Å². The number of hydrogen-bond acceptors (Lipinski definition) is 7. The molecule has 1 N–H and O–H groups in total. The van der Waals surface area contributed by atoms with E-state index in [1.807, 2.05) is 140 Å². The Bertz CT molecular complexity index is 2450. The largest absolute Gasteiger partial charge is 0.395 e. The number of carbonyl (C=O) groups excluding carboxylic acids is 3. The summed E-state index contributed by atoms with van der Waals surface area (Å²) in [6.45, 7) is 5.64. The number of hydrogen-bond donors (Lipinski definition) is 1. The number of rotatable bonds is 15. The molecule has 1 saturated heterocycles. The third kappa shape index (κ3) is 7.44. The second kappa shape index (κ2) is 16.8. The first-order valence-corrected chi connectivity index (χ1v) is 23.1. The van der Waals surface area contributed by atoms with Crippen molar-refractivity contribution >= 4 is 55.6 Å². The Hall–Kier alpha value is -6.28. The summed E-state index contributed by atoms with van der Waals surface area (Å²) >= 11 is 0. The van der Waals surface area contributed by atoms with Gasteiger partial charge in [0.15, 0.2) is 5.60 Å². The van der Waals surface area contributed by atoms with Gasteiger partial charge in [-0.05, 0) is 85.2 Å². The van der Waals surface area contributed by atoms with Gasteiger partial charge in [0.1, 0.15) is 0 Å². The summed E-state index contributed by atoms with van der Waals surface area (Å²) in [5.41, 5.74) is 4.02. The van der Waals surface area contributed by atoms with Crippen LogP contribution >= 0.6 is 0 Å². The van der Waals surface area contributed by atoms with E-state index in [1.54, 1.807) is 33.8 Å². The standard InChI is InChI=1S/C47H47FN6O5Si/c1-33-45(60(2,3)48)44(25-26-51-29-42(49-50-51)40(30-55)35-13-7-4-8-14-35)59-47(33)41-27-39(54(32-57)37-17-11-6-12-18-37)23-24-43(41)52(46(47)58)28-34-19-21-38(22-20-34)53(31-56)36-15-9-5-10-16-36/h4-24,27,29,31-33,40,44-45,55H,25-26,28,30H2,1-3H3/t33-,40?,44+,45-,47+/m0/s1. The van der Waals surface area contributed by atoms with Crippen LogP contribution < -0.4 is 14.7 Å². The number of para-hydroxylation sites is 2. The normalized spacial score (nSPS) is 20.2. The highest BCUT2D eigenvalue weighted by Crippen LogP contribution is 2.61. The molecule has 3 amide bonds. The van der Waals surface area contributed by atoms with E-state index in [9.17, 15) is 14.7 Å². The summed E-state index contributed by atoms with van der Waals surface area (Å²) in [6, 6.07) is 41.1. The molecule has 0 saturated carbocycles. The second-order valence-corrected chi connectivity index (χ2v) is 19.8. The third-order valence-corrected chi connectivity index (χ3v) is 14.5. The van der Waals surface area contributed by atoms with Gasteiger partial charge in [-0.1, -0.05) is 91.0 Å². The SMILES string of the molecule is C[C@H]1[C@H]([Si](C)(C)F)[C@@H](CCn2cc(C(CO)c3ccccc3)nn2)O[C@]12C(=O)N(Cc1ccc(N(C=O)c3ccccc3)cc1)c1ccc(N(C=O)c3ccccc3)cc12. The van der Waals surface area contributed by atoms with Gasteiger partial charge in [-0.15, -0.1) is 5.10 Å². The van der Waals surface area contributed by atoms with Crippen LogP contribution in [0.25, 0.3) is 0 Å². The first-order valence-electron chi connectivity index (χ1n) is 20.1. The van der Waals surface area contributed by atoms with Crippen LogP contribution in [0.2, 0.25) is 18.6 Å². The van der Waals surface area contributed by atoms with Gasteiger partial charge in [0.2, 0.25) is 21.2 Å². The lowest BCUT2D eigenvalue weighted by molar-refractivity contribution is -0.146. The van der Waals surface area contributed by atoms with Gasteiger partial charge in [-0.3, -0.25) is 28.9 Å². The number of aromatic nitrogens is 3. The molecule has 5 aromatic carbocycles. The van der Waals surface area contributed by atoms with Crippen molar-refractivity contribution in [3.63, 3.8) is 0 Å². The molecule has 5 atom stereocenters. The second-order valence-electron chi connectivity index (χ2n) is 16.0. The number of fused-ring (bicyclic) bond motifs is 2. The minimum Gasteiger partial charge on any atom is -0.395 e. The highest BCUT2D eigenvalue weighted by Gasteiger charge is 2.66. The van der Waals surface area contributed by atoms with Crippen molar-refractivity contribution in [2.45, 2.75) is 62.7 Å². The van der Waals surface area contributed by atoms with E-state index in [4.69, 9.17) is 4.74 Å². The monoisotopic (exact) mass is 822 g/mol. The molecule has 2 aliphatic rings. The molecule has 0 aliphatic carbocycles. The number of aliphatic hydroxyl groups excluding tert-OH is 1. The van der Waals surface area contributed by atoms with Crippen molar-refractivity contribution in [2.75, 3.05) is 21.3 Å². The van der Waals surface area contributed by atoms with Gasteiger partial charge < -0.3 is 18.9 Å². The van der Waals surface area contributed by atoms with E-state index in [0.717, 1.165) is 29.6 Å². The van der Waals surface area contributed by atoms with Crippen LogP contribution in [0, 0.1) is 5.92 Å². The lowest BCUT2D eigenvalue weighted by Crippen LogP contribution is -2.45. The minimum atomic E-state index is -3.51. The minimum absolute atomic E-state index is 0.140. The Kier molecular flexibility index (Phi) is 11.3. The molecule has 0 bridgehead atoms. The maximum absolute atomic E-state index is 16.8. The summed E-state index contributed by atoms with van der Waals surface area (Å²) in [5, 5.41) is 19.0. The summed E-state index contributed by atoms with van der Waals surface area (Å²) < 4.78 is 25.5. The highest BCUT2D eigenvalue weighted by atomic mass is 28.4. The van der Waals surface area contributed by atoms with E-state index in [2.05, 4.69) is 10.3 Å². The number of amides is 3. The molecular weight excluding hydrogens is 776 g/mol. The molecule has 306 valence electrons. The Morgan fingerprint density at radius 1 is 0.833 bits per heavy atom. The van der Waals surface area contributed by atoms with Gasteiger partial charge in [0.25, 0.3) is 5.91 Å². The van der Waals surface area contributed by atoms with Crippen molar-refractivity contribution < 1.29 is 28.3 Å². The van der Waals surface area contributed by atoms with E-state index in [0.29, 0.717) is 47.0 Å². The molecule has 11 nitrogen and oxygen atoms in total. The van der Waals surface area contributed by atoms with Gasteiger partial charge in [-0.25, -0.2) is 0 Å². The first-order chi connectivity index (χ1) is 29.1. The average Bonchev–Trinajstić information content (AvgIpc) is 3.92. The maximum atomic E-state index is 16.8. The van der Waals surface area contributed by atoms with E-state index in [-0.39, 0.29) is 25.0 Å². The van der Waals surface area contributed by atoms with Crippen LogP contribution in [0.1, 0.15) is 41.6 Å². The van der Waals surface area contributed by atoms with Crippen LogP contribution in [0.5, 0.6) is 0 Å². The Morgan fingerprint density at radius 2 is 1.40 bits per heavy atom. The van der Waals surface area contributed by atoms with Crippen LogP contribution in [-0.4, -0.2) is 59.9 Å². The zero-order valence-corrected chi connectivity index (χ0v) is 34.7. The summed E-state index contributed by atoms with van der Waals surface area (Å²) in [6.07, 6.45) is 3.02. The van der Waals surface area contributed by atoms with Crippen molar-refractivity contribution in [3.05, 3.63) is 162 Å². The lowest BCUT2D eigenvalue weighted by atomic mass is 9.82. The van der Waals surface area contributed by atoms with Gasteiger partial charge in [-0.2, -0.15) is 0 Å². The Labute approximate surface area is 349 Å². The number of benzene rings is 5. The molecule has 1 spiro atoms. The molecule has 6 aromatic rings. The summed E-state index contributed by atoms with van der Waals surface area (Å²) in [4.78, 5) is 44.8. The predicted octanol–water partition coefficient (Wildman–Crippen LogP) is 8.40. The quantitative estimate of drug-likeness (QED) is 0.0628. The molecule has 8 rings (SSSR count). The van der Waals surface area contributed by atoms with Gasteiger partial charge >= 0.3 is 0 Å². The molecular formula is C47H47FN6O5Si. The fourth-order valence-corrected chi connectivity index (χ4v) is 11.7. The Morgan fingerprint density at radius 3 is 1.98 bits per heavy atom. The summed E-state index contributed by atoms with van der Waals surface area (Å²) in [5.74, 6) is -1.22. The molecule has 1 fully saturated rings. The summed E-state index contributed by atoms with van der Waals surface area (Å²) in [7, 11) is -3.51. The molecule has 1 unspecified atom stereocenters. The van der Waals surface area contributed by atoms with E-state index < -0.39 is 31.6 Å². The number of aryl methyl sites for hydroxylation is 1. The number of anilines is 5. The van der Waals surface area contributed by atoms with Crippen molar-refractivity contribution in [1.82, 2.24) is 15.0 Å². The fourth-order valence-electron chi connectivity index (χ4n) is 9.17. The third-order valence-electron chi connectivity index (χ3n) is 12.0. The molecule has 1 aromatic heterocycles. The lowest BCUT2D eigenvalue weighted by Gasteiger charge is -2.31. The van der Waals surface area contributed by atoms with Crippen molar-refractivity contribution in [1.29, 1.82) is 0 Å². The zero-order chi connectivity index (χ0) is 42.0. The van der Waals surface area contributed by atoms with Crippen LogP contribution in [0.15, 0.2) is 140 Å². The van der Waals surface area contributed by atoms with E-state index in [1.165, 1.54) is 4.90 Å². The topological polar surface area (TPSA) is 121 Å². The maximum Gasteiger partial charge on any atom is 0.264 e. The molecule has 3 heterocycles. The average molecular weight is 823 g/mol. The predicted molar refractivity (Wildman–Crippen MR) is 231 cm³/mol. The van der Waals surface area contributed by atoms with Gasteiger partial charge in [0, 0.05) is 52.5 Å². The smallest absolute Gasteiger partial charge is 0.264 e. The van der Waals surface area contributed by atoms with Crippen LogP contribution in [0.4, 0.5) is 32.5 Å². The number of ether oxygens (including phenoxy) is 1. The van der Waals surface area contributed by atoms with E-state index >= 15 is 8.90 Å². The number of carbonyl (C=O) groups is 3. The van der Waals surface area contributed by atoms with Crippen LogP contribution in [-0.2, 0) is 37.8 Å². The molecule has 2 aliphatic heterocycles. The van der Waals surface area contributed by atoms with Gasteiger partial charge in [0.05, 0.1) is 36.6 Å². The number of halogens is 1.